The molecule has 0 radical (unpaired) electrons. The number of ether oxygens (including phenoxy) is 1. The molecule has 1 N–H and O–H groups in total. The number of carbonyl (C=O) groups excluding carboxylic acids is 2. The number of amides is 1. The van der Waals surface area contributed by atoms with Gasteiger partial charge in [-0.05, 0) is 61.5 Å². The Labute approximate surface area is 182 Å². The average molecular weight is 442 g/mol. The van der Waals surface area contributed by atoms with E-state index in [1.54, 1.807) is 19.1 Å². The minimum atomic E-state index is -1.04. The van der Waals surface area contributed by atoms with Gasteiger partial charge in [-0.25, -0.2) is 4.39 Å². The number of furan rings is 1. The monoisotopic (exact) mass is 441 g/mol. The number of carbonyl (C=O) groups is 2. The van der Waals surface area contributed by atoms with E-state index in [4.69, 9.17) is 20.8 Å². The van der Waals surface area contributed by atoms with Gasteiger partial charge in [0.2, 0.25) is 0 Å². The van der Waals surface area contributed by atoms with Crippen molar-refractivity contribution in [1.82, 2.24) is 0 Å². The van der Waals surface area contributed by atoms with E-state index in [1.165, 1.54) is 54.5 Å². The van der Waals surface area contributed by atoms with E-state index in [2.05, 4.69) is 0 Å². The molecule has 2 heterocycles. The molecule has 31 heavy (non-hydrogen) atoms. The van der Waals surface area contributed by atoms with Crippen LogP contribution >= 0.6 is 11.6 Å². The SMILES string of the molecule is COc1cc(/C(O)=C2/C(=O)C(=O)N(c3ccc(F)cc3)C2c2ccc(C)o2)ccc1Cl. The first-order valence-electron chi connectivity index (χ1n) is 9.28. The molecule has 0 saturated carbocycles. The quantitative estimate of drug-likeness (QED) is 0.349. The van der Waals surface area contributed by atoms with Crippen molar-refractivity contribution in [1.29, 1.82) is 0 Å². The fourth-order valence-corrected chi connectivity index (χ4v) is 3.73. The minimum absolute atomic E-state index is 0.159. The molecule has 0 bridgehead atoms. The number of nitrogens with zero attached hydrogens (tertiary/aromatic N) is 1. The smallest absolute Gasteiger partial charge is 0.300 e. The summed E-state index contributed by atoms with van der Waals surface area (Å²) < 4.78 is 24.3. The zero-order valence-corrected chi connectivity index (χ0v) is 17.3. The van der Waals surface area contributed by atoms with Crippen LogP contribution in [0.15, 0.2) is 64.6 Å². The number of aliphatic hydroxyl groups is 1. The molecule has 1 fully saturated rings. The Morgan fingerprint density at radius 3 is 2.45 bits per heavy atom. The highest BCUT2D eigenvalue weighted by molar-refractivity contribution is 6.51. The van der Waals surface area contributed by atoms with Crippen LogP contribution in [-0.4, -0.2) is 23.9 Å². The lowest BCUT2D eigenvalue weighted by atomic mass is 9.99. The first-order chi connectivity index (χ1) is 14.8. The van der Waals surface area contributed by atoms with Crippen molar-refractivity contribution in [2.24, 2.45) is 0 Å². The molecule has 1 amide bonds. The standard InChI is InChI=1S/C23H17ClFNO5/c1-12-3-10-17(31-12)20-19(21(27)13-4-9-16(24)18(11-13)30-2)22(28)23(29)26(20)15-7-5-14(25)6-8-15/h3-11,20,27H,1-2H3/b21-19-. The number of halogens is 2. The number of ketones is 1. The van der Waals surface area contributed by atoms with Gasteiger partial charge in [0.1, 0.15) is 34.9 Å². The summed E-state index contributed by atoms with van der Waals surface area (Å²) >= 11 is 6.06. The molecule has 8 heteroatoms. The zero-order valence-electron chi connectivity index (χ0n) is 16.6. The molecular weight excluding hydrogens is 425 g/mol. The topological polar surface area (TPSA) is 80.0 Å². The van der Waals surface area contributed by atoms with Crippen LogP contribution in [0.1, 0.15) is 23.1 Å². The number of hydrogen-bond acceptors (Lipinski definition) is 5. The van der Waals surface area contributed by atoms with Crippen molar-refractivity contribution < 1.29 is 28.2 Å². The highest BCUT2D eigenvalue weighted by atomic mass is 35.5. The molecule has 1 saturated heterocycles. The highest BCUT2D eigenvalue weighted by Crippen LogP contribution is 2.43. The number of methoxy groups -OCH3 is 1. The summed E-state index contributed by atoms with van der Waals surface area (Å²) in [6, 6.07) is 11.9. The zero-order chi connectivity index (χ0) is 22.3. The summed E-state index contributed by atoms with van der Waals surface area (Å²) in [5.41, 5.74) is 0.370. The van der Waals surface area contributed by atoms with Gasteiger partial charge in [0, 0.05) is 11.3 Å². The predicted molar refractivity (Wildman–Crippen MR) is 113 cm³/mol. The Morgan fingerprint density at radius 1 is 1.13 bits per heavy atom. The Bertz CT molecular complexity index is 1210. The molecule has 1 aliphatic heterocycles. The number of aliphatic hydroxyl groups excluding tert-OH is 1. The number of benzene rings is 2. The molecule has 3 aromatic rings. The van der Waals surface area contributed by atoms with E-state index in [0.29, 0.717) is 16.5 Å². The van der Waals surface area contributed by atoms with E-state index < -0.39 is 29.3 Å². The van der Waals surface area contributed by atoms with Crippen LogP contribution in [0.3, 0.4) is 0 Å². The van der Waals surface area contributed by atoms with Crippen molar-refractivity contribution >= 4 is 34.7 Å². The number of hydrogen-bond donors (Lipinski definition) is 1. The van der Waals surface area contributed by atoms with E-state index in [9.17, 15) is 19.1 Å². The lowest BCUT2D eigenvalue weighted by Gasteiger charge is -2.23. The summed E-state index contributed by atoms with van der Waals surface area (Å²) in [5.74, 6) is -1.51. The molecule has 0 spiro atoms. The van der Waals surface area contributed by atoms with Crippen molar-refractivity contribution in [3.63, 3.8) is 0 Å². The van der Waals surface area contributed by atoms with Gasteiger partial charge >= 0.3 is 0 Å². The van der Waals surface area contributed by atoms with E-state index in [1.807, 2.05) is 0 Å². The van der Waals surface area contributed by atoms with Gasteiger partial charge in [-0.1, -0.05) is 11.6 Å². The normalized spacial score (nSPS) is 17.9. The summed E-state index contributed by atoms with van der Waals surface area (Å²) in [7, 11) is 1.42. The maximum absolute atomic E-state index is 13.4. The van der Waals surface area contributed by atoms with E-state index >= 15 is 0 Å². The second kappa shape index (κ2) is 7.92. The lowest BCUT2D eigenvalue weighted by Crippen LogP contribution is -2.29. The maximum atomic E-state index is 13.4. The van der Waals surface area contributed by atoms with Gasteiger partial charge in [-0.3, -0.25) is 14.5 Å². The minimum Gasteiger partial charge on any atom is -0.507 e. The first kappa shape index (κ1) is 20.7. The summed E-state index contributed by atoms with van der Waals surface area (Å²) in [6.45, 7) is 1.72. The van der Waals surface area contributed by atoms with Gasteiger partial charge in [-0.15, -0.1) is 0 Å². The fourth-order valence-electron chi connectivity index (χ4n) is 3.53. The third-order valence-electron chi connectivity index (χ3n) is 5.00. The van der Waals surface area contributed by atoms with Gasteiger partial charge < -0.3 is 14.3 Å². The Morgan fingerprint density at radius 2 is 1.84 bits per heavy atom. The number of rotatable bonds is 4. The van der Waals surface area contributed by atoms with Crippen molar-refractivity contribution in [3.8, 4) is 5.75 Å². The molecular formula is C23H17ClFNO5. The van der Waals surface area contributed by atoms with Crippen molar-refractivity contribution in [2.75, 3.05) is 12.0 Å². The molecule has 158 valence electrons. The molecule has 1 aliphatic rings. The highest BCUT2D eigenvalue weighted by Gasteiger charge is 2.48. The van der Waals surface area contributed by atoms with Crippen LogP contribution in [0.2, 0.25) is 5.02 Å². The fraction of sp³-hybridized carbons (Fsp3) is 0.130. The van der Waals surface area contributed by atoms with Gasteiger partial charge in [0.05, 0.1) is 17.7 Å². The van der Waals surface area contributed by atoms with Crippen LogP contribution in [0, 0.1) is 12.7 Å². The average Bonchev–Trinajstić information content (AvgIpc) is 3.30. The summed E-state index contributed by atoms with van der Waals surface area (Å²) in [5, 5.41) is 11.4. The largest absolute Gasteiger partial charge is 0.507 e. The second-order valence-corrected chi connectivity index (χ2v) is 7.35. The molecule has 6 nitrogen and oxygen atoms in total. The third-order valence-corrected chi connectivity index (χ3v) is 5.32. The van der Waals surface area contributed by atoms with Gasteiger partial charge in [0.15, 0.2) is 0 Å². The van der Waals surface area contributed by atoms with Crippen LogP contribution in [0.25, 0.3) is 5.76 Å². The van der Waals surface area contributed by atoms with Crippen LogP contribution in [0.4, 0.5) is 10.1 Å². The van der Waals surface area contributed by atoms with Crippen LogP contribution in [0.5, 0.6) is 5.75 Å². The second-order valence-electron chi connectivity index (χ2n) is 6.94. The van der Waals surface area contributed by atoms with E-state index in [0.717, 1.165) is 0 Å². The first-order valence-corrected chi connectivity index (χ1v) is 9.66. The molecule has 1 atom stereocenters. The van der Waals surface area contributed by atoms with E-state index in [-0.39, 0.29) is 22.6 Å². The maximum Gasteiger partial charge on any atom is 0.300 e. The molecule has 1 unspecified atom stereocenters. The summed E-state index contributed by atoms with van der Waals surface area (Å²) in [6.07, 6.45) is 0. The Hall–Kier alpha value is -3.58. The number of aryl methyl sites for hydroxylation is 1. The number of Topliss-reactive ketones (excluding diaryl/α,β-unsaturated/α-hetero) is 1. The Kier molecular flexibility index (Phi) is 5.29. The van der Waals surface area contributed by atoms with Crippen molar-refractivity contribution in [2.45, 2.75) is 13.0 Å². The van der Waals surface area contributed by atoms with Crippen LogP contribution in [-0.2, 0) is 9.59 Å². The lowest BCUT2D eigenvalue weighted by molar-refractivity contribution is -0.132. The molecule has 1 aromatic heterocycles. The third kappa shape index (κ3) is 3.57. The van der Waals surface area contributed by atoms with Crippen LogP contribution < -0.4 is 9.64 Å². The Balaban J connectivity index is 1.93. The molecule has 2 aromatic carbocycles. The summed E-state index contributed by atoms with van der Waals surface area (Å²) in [4.78, 5) is 27.1. The molecule has 4 rings (SSSR count). The van der Waals surface area contributed by atoms with Gasteiger partial charge in [0.25, 0.3) is 11.7 Å². The number of anilines is 1. The van der Waals surface area contributed by atoms with Crippen molar-refractivity contribution in [3.05, 3.63) is 88.1 Å². The molecule has 0 aliphatic carbocycles. The van der Waals surface area contributed by atoms with Gasteiger partial charge in [-0.2, -0.15) is 0 Å². The predicted octanol–water partition coefficient (Wildman–Crippen LogP) is 5.02.